The highest BCUT2D eigenvalue weighted by Gasteiger charge is 2.42. The minimum absolute atomic E-state index is 0.319. The van der Waals surface area contributed by atoms with Gasteiger partial charge in [0, 0.05) is 11.3 Å². The van der Waals surface area contributed by atoms with Gasteiger partial charge < -0.3 is 15.3 Å². The van der Waals surface area contributed by atoms with E-state index in [9.17, 15) is 31.1 Å². The van der Waals surface area contributed by atoms with Crippen LogP contribution in [0.5, 0.6) is 5.75 Å². The molecular formula is C36H31ClF6N4O2S. The van der Waals surface area contributed by atoms with Gasteiger partial charge in [-0.1, -0.05) is 96.9 Å². The van der Waals surface area contributed by atoms with E-state index in [4.69, 9.17) is 11.6 Å². The third-order valence-electron chi connectivity index (χ3n) is 8.06. The van der Waals surface area contributed by atoms with Crippen molar-refractivity contribution in [3.05, 3.63) is 113 Å². The van der Waals surface area contributed by atoms with Crippen LogP contribution < -0.4 is 10.5 Å². The first-order chi connectivity index (χ1) is 23.9. The van der Waals surface area contributed by atoms with Crippen LogP contribution in [0.3, 0.4) is 0 Å². The van der Waals surface area contributed by atoms with Crippen molar-refractivity contribution in [1.82, 2.24) is 14.8 Å². The fourth-order valence-corrected chi connectivity index (χ4v) is 7.03. The highest BCUT2D eigenvalue weighted by atomic mass is 35.5. The standard InChI is InChI=1S/C34H27ClF3N3O2S.C2H4F3N/c35-29-14-6-7-15-30(29)41-31(23-16-18-24(19-17-23)43-34(36,37)38)39-40-32(41)44-21-9-1-8-20-33(22-42)27-12-4-2-10-25(27)26-11-3-5-13-28(26)33;3-2(4,5)1-6/h2-7,10-19,22H,1,8-9,20-21H2;1,6H2. The number of nitrogens with two attached hydrogens (primary N) is 1. The zero-order valence-corrected chi connectivity index (χ0v) is 27.9. The molecule has 0 unspecified atom stereocenters. The van der Waals surface area contributed by atoms with Gasteiger partial charge in [-0.3, -0.25) is 4.57 Å². The van der Waals surface area contributed by atoms with Crippen LogP contribution in [0, 0.1) is 0 Å². The smallest absolute Gasteiger partial charge is 0.406 e. The number of alkyl halides is 6. The molecule has 0 aliphatic heterocycles. The molecule has 0 fully saturated rings. The molecule has 262 valence electrons. The number of hydrogen-bond donors (Lipinski definition) is 1. The second kappa shape index (κ2) is 15.7. The normalized spacial score (nSPS) is 13.2. The predicted molar refractivity (Wildman–Crippen MR) is 182 cm³/mol. The average Bonchev–Trinajstić information content (AvgIpc) is 3.63. The maximum atomic E-state index is 12.7. The lowest BCUT2D eigenvalue weighted by atomic mass is 9.75. The maximum absolute atomic E-state index is 12.7. The van der Waals surface area contributed by atoms with Gasteiger partial charge >= 0.3 is 12.5 Å². The molecule has 0 bridgehead atoms. The number of ether oxygens (including phenoxy) is 1. The summed E-state index contributed by atoms with van der Waals surface area (Å²) in [5.74, 6) is 0.883. The number of thioether (sulfide) groups is 1. The Bertz CT molecular complexity index is 1870. The molecule has 6 rings (SSSR count). The quantitative estimate of drug-likeness (QED) is 0.0630. The summed E-state index contributed by atoms with van der Waals surface area (Å²) in [4.78, 5) is 12.7. The van der Waals surface area contributed by atoms with Crippen molar-refractivity contribution in [1.29, 1.82) is 0 Å². The van der Waals surface area contributed by atoms with Crippen molar-refractivity contribution in [3.8, 4) is 34.0 Å². The van der Waals surface area contributed by atoms with E-state index in [0.29, 0.717) is 27.3 Å². The molecule has 4 aromatic carbocycles. The number of nitrogens with zero attached hydrogens (tertiary/aromatic N) is 3. The molecular weight excluding hydrogens is 702 g/mol. The number of para-hydroxylation sites is 1. The molecule has 50 heavy (non-hydrogen) atoms. The summed E-state index contributed by atoms with van der Waals surface area (Å²) in [6.45, 7) is -1.23. The highest BCUT2D eigenvalue weighted by molar-refractivity contribution is 7.99. The Morgan fingerprint density at radius 1 is 0.800 bits per heavy atom. The van der Waals surface area contributed by atoms with E-state index in [1.807, 2.05) is 47.0 Å². The lowest BCUT2D eigenvalue weighted by molar-refractivity contribution is -0.274. The Labute approximate surface area is 293 Å². The molecule has 0 spiro atoms. The highest BCUT2D eigenvalue weighted by Crippen LogP contribution is 2.50. The molecule has 1 heterocycles. The summed E-state index contributed by atoms with van der Waals surface area (Å²) in [5, 5.41) is 9.88. The van der Waals surface area contributed by atoms with Crippen molar-refractivity contribution in [2.45, 2.75) is 48.8 Å². The number of benzene rings is 4. The van der Waals surface area contributed by atoms with E-state index >= 15 is 0 Å². The predicted octanol–water partition coefficient (Wildman–Crippen LogP) is 9.81. The van der Waals surface area contributed by atoms with E-state index in [2.05, 4.69) is 44.9 Å². The molecule has 0 amide bonds. The first-order valence-corrected chi connectivity index (χ1v) is 16.8. The minimum atomic E-state index is -4.77. The second-order valence-corrected chi connectivity index (χ2v) is 12.8. The Balaban J connectivity index is 0.000000745. The third-order valence-corrected chi connectivity index (χ3v) is 9.39. The molecule has 6 nitrogen and oxygen atoms in total. The van der Waals surface area contributed by atoms with E-state index < -0.39 is 24.5 Å². The summed E-state index contributed by atoms with van der Waals surface area (Å²) in [5.41, 5.74) is 9.17. The molecule has 2 N–H and O–H groups in total. The van der Waals surface area contributed by atoms with Gasteiger partial charge in [-0.25, -0.2) is 0 Å². The van der Waals surface area contributed by atoms with Crippen LogP contribution in [-0.4, -0.2) is 45.9 Å². The van der Waals surface area contributed by atoms with E-state index in [-0.39, 0.29) is 5.75 Å². The fraction of sp³-hybridized carbons (Fsp3) is 0.250. The average molecular weight is 733 g/mol. The number of hydrogen-bond acceptors (Lipinski definition) is 6. The van der Waals surface area contributed by atoms with E-state index in [1.54, 1.807) is 6.07 Å². The Morgan fingerprint density at radius 3 is 1.94 bits per heavy atom. The number of halogens is 7. The lowest BCUT2D eigenvalue weighted by Gasteiger charge is -2.25. The van der Waals surface area contributed by atoms with Crippen molar-refractivity contribution < 1.29 is 35.9 Å². The fourth-order valence-electron chi connectivity index (χ4n) is 5.87. The number of fused-ring (bicyclic) bond motifs is 3. The second-order valence-electron chi connectivity index (χ2n) is 11.3. The van der Waals surface area contributed by atoms with Crippen LogP contribution in [-0.2, 0) is 10.2 Å². The van der Waals surface area contributed by atoms with Gasteiger partial charge in [0.25, 0.3) is 0 Å². The minimum Gasteiger partial charge on any atom is -0.406 e. The SMILES string of the molecule is NCC(F)(F)F.O=CC1(CCCCCSc2nnc(-c3ccc(OC(F)(F)F)cc3)n2-c2ccccc2Cl)c2ccccc2-c2ccccc21. The molecule has 0 atom stereocenters. The molecule has 1 aliphatic carbocycles. The van der Waals surface area contributed by atoms with Gasteiger partial charge in [-0.2, -0.15) is 13.2 Å². The van der Waals surface area contributed by atoms with E-state index in [1.165, 1.54) is 36.0 Å². The van der Waals surface area contributed by atoms with Crippen molar-refractivity contribution in [3.63, 3.8) is 0 Å². The maximum Gasteiger partial charge on any atom is 0.573 e. The first-order valence-electron chi connectivity index (χ1n) is 15.5. The van der Waals surface area contributed by atoms with Crippen LogP contribution in [0.1, 0.15) is 36.8 Å². The van der Waals surface area contributed by atoms with Crippen molar-refractivity contribution in [2.24, 2.45) is 5.73 Å². The van der Waals surface area contributed by atoms with Crippen LogP contribution >= 0.6 is 23.4 Å². The largest absolute Gasteiger partial charge is 0.573 e. The number of aldehydes is 1. The molecule has 14 heteroatoms. The summed E-state index contributed by atoms with van der Waals surface area (Å²) >= 11 is 8.08. The number of carbonyl (C=O) groups is 1. The lowest BCUT2D eigenvalue weighted by Crippen LogP contribution is -2.27. The topological polar surface area (TPSA) is 83.0 Å². The Hall–Kier alpha value is -4.33. The molecule has 1 aliphatic rings. The molecule has 5 aromatic rings. The molecule has 1 aromatic heterocycles. The van der Waals surface area contributed by atoms with Gasteiger partial charge in [0.15, 0.2) is 11.0 Å². The van der Waals surface area contributed by atoms with Crippen LogP contribution in [0.4, 0.5) is 26.3 Å². The zero-order chi connectivity index (χ0) is 35.9. The monoisotopic (exact) mass is 732 g/mol. The number of unbranched alkanes of at least 4 members (excludes halogenated alkanes) is 2. The summed E-state index contributed by atoms with van der Waals surface area (Å²) in [6, 6.07) is 29.1. The van der Waals surface area contributed by atoms with Gasteiger partial charge in [0.2, 0.25) is 0 Å². The first kappa shape index (κ1) is 36.9. The van der Waals surface area contributed by atoms with E-state index in [0.717, 1.165) is 60.0 Å². The number of rotatable bonds is 11. The van der Waals surface area contributed by atoms with Crippen LogP contribution in [0.15, 0.2) is 102 Å². The summed E-state index contributed by atoms with van der Waals surface area (Å²) in [6.07, 6.45) is -4.44. The molecule has 0 radical (unpaired) electrons. The summed E-state index contributed by atoms with van der Waals surface area (Å²) < 4.78 is 75.7. The molecule has 0 saturated heterocycles. The number of aromatic nitrogens is 3. The Kier molecular flexibility index (Phi) is 11.6. The van der Waals surface area contributed by atoms with Gasteiger partial charge in [-0.15, -0.1) is 23.4 Å². The molecule has 0 saturated carbocycles. The van der Waals surface area contributed by atoms with Crippen LogP contribution in [0.2, 0.25) is 5.02 Å². The van der Waals surface area contributed by atoms with Gasteiger partial charge in [0.05, 0.1) is 22.7 Å². The summed E-state index contributed by atoms with van der Waals surface area (Å²) in [7, 11) is 0. The number of carbonyl (C=O) groups excluding carboxylic acids is 1. The Morgan fingerprint density at radius 2 is 1.38 bits per heavy atom. The van der Waals surface area contributed by atoms with Gasteiger partial charge in [0.1, 0.15) is 12.0 Å². The third kappa shape index (κ3) is 8.51. The van der Waals surface area contributed by atoms with Crippen molar-refractivity contribution in [2.75, 3.05) is 12.3 Å². The zero-order valence-electron chi connectivity index (χ0n) is 26.3. The van der Waals surface area contributed by atoms with Crippen LogP contribution in [0.25, 0.3) is 28.2 Å². The van der Waals surface area contributed by atoms with Crippen molar-refractivity contribution >= 4 is 29.6 Å². The van der Waals surface area contributed by atoms with Gasteiger partial charge in [-0.05, 0) is 71.5 Å².